The van der Waals surface area contributed by atoms with Crippen LogP contribution in [0.25, 0.3) is 5.65 Å². The standard InChI is InChI=1S/C14H20N4O2S/c1-2-6-14(7-8-14)10-16-21(19,20)13-12(15)17-11-5-3-4-9-18(11)13/h3-5,9,16H,2,6-8,10,15H2,1H3. The minimum atomic E-state index is -3.66. The number of nitrogens with two attached hydrogens (primary N) is 1. The molecule has 2 aromatic heterocycles. The fraction of sp³-hybridized carbons (Fsp3) is 0.500. The molecule has 21 heavy (non-hydrogen) atoms. The largest absolute Gasteiger partial charge is 0.381 e. The van der Waals surface area contributed by atoms with Gasteiger partial charge in [-0.1, -0.05) is 19.4 Å². The Hall–Kier alpha value is -1.60. The van der Waals surface area contributed by atoms with Gasteiger partial charge in [0.05, 0.1) is 0 Å². The lowest BCUT2D eigenvalue weighted by Gasteiger charge is -2.15. The quantitative estimate of drug-likeness (QED) is 0.851. The molecule has 2 heterocycles. The molecule has 0 amide bonds. The highest BCUT2D eigenvalue weighted by molar-refractivity contribution is 7.89. The third kappa shape index (κ3) is 2.63. The molecule has 0 bridgehead atoms. The van der Waals surface area contributed by atoms with Crippen LogP contribution in [-0.2, 0) is 10.0 Å². The number of hydrogen-bond acceptors (Lipinski definition) is 4. The zero-order chi connectivity index (χ0) is 15.1. The van der Waals surface area contributed by atoms with Crippen molar-refractivity contribution in [3.05, 3.63) is 24.4 Å². The molecule has 1 aliphatic rings. The number of anilines is 1. The second-order valence-corrected chi connectivity index (χ2v) is 7.49. The Balaban J connectivity index is 1.88. The Morgan fingerprint density at radius 3 is 2.86 bits per heavy atom. The molecule has 0 spiro atoms. The normalized spacial score (nSPS) is 17.2. The molecule has 1 saturated carbocycles. The van der Waals surface area contributed by atoms with Crippen LogP contribution < -0.4 is 10.5 Å². The summed E-state index contributed by atoms with van der Waals surface area (Å²) in [5, 5.41) is 0.0328. The summed E-state index contributed by atoms with van der Waals surface area (Å²) in [5.41, 5.74) is 6.48. The van der Waals surface area contributed by atoms with Gasteiger partial charge in [0, 0.05) is 12.7 Å². The van der Waals surface area contributed by atoms with E-state index >= 15 is 0 Å². The molecule has 6 nitrogen and oxygen atoms in total. The summed E-state index contributed by atoms with van der Waals surface area (Å²) in [6, 6.07) is 5.29. The average molecular weight is 308 g/mol. The number of hydrogen-bond donors (Lipinski definition) is 2. The molecular formula is C14H20N4O2S. The van der Waals surface area contributed by atoms with E-state index in [-0.39, 0.29) is 16.3 Å². The molecule has 3 N–H and O–H groups in total. The van der Waals surface area contributed by atoms with Crippen molar-refractivity contribution >= 4 is 21.5 Å². The van der Waals surface area contributed by atoms with Gasteiger partial charge in [0.1, 0.15) is 5.65 Å². The predicted octanol–water partition coefficient (Wildman–Crippen LogP) is 1.78. The number of sulfonamides is 1. The maximum atomic E-state index is 12.6. The van der Waals surface area contributed by atoms with Crippen molar-refractivity contribution < 1.29 is 8.42 Å². The Morgan fingerprint density at radius 1 is 1.43 bits per heavy atom. The molecule has 1 aliphatic carbocycles. The van der Waals surface area contributed by atoms with E-state index in [1.54, 1.807) is 24.4 Å². The first-order valence-electron chi connectivity index (χ1n) is 7.20. The number of nitrogens with one attached hydrogen (secondary N) is 1. The van der Waals surface area contributed by atoms with E-state index in [0.717, 1.165) is 25.7 Å². The van der Waals surface area contributed by atoms with Gasteiger partial charge >= 0.3 is 0 Å². The van der Waals surface area contributed by atoms with Crippen molar-refractivity contribution in [2.45, 2.75) is 37.6 Å². The Labute approximate surface area is 124 Å². The Kier molecular flexibility index (Phi) is 3.41. The molecule has 7 heteroatoms. The van der Waals surface area contributed by atoms with E-state index in [2.05, 4.69) is 16.6 Å². The van der Waals surface area contributed by atoms with Crippen molar-refractivity contribution in [1.29, 1.82) is 0 Å². The van der Waals surface area contributed by atoms with Gasteiger partial charge in [-0.2, -0.15) is 0 Å². The summed E-state index contributed by atoms with van der Waals surface area (Å²) < 4.78 is 29.3. The summed E-state index contributed by atoms with van der Waals surface area (Å²) in [6.07, 6.45) is 5.96. The average Bonchev–Trinajstić information content (AvgIpc) is 3.11. The molecular weight excluding hydrogens is 288 g/mol. The number of aromatic nitrogens is 2. The topological polar surface area (TPSA) is 89.5 Å². The third-order valence-corrected chi connectivity index (χ3v) is 5.58. The van der Waals surface area contributed by atoms with Crippen molar-refractivity contribution in [2.75, 3.05) is 12.3 Å². The van der Waals surface area contributed by atoms with Gasteiger partial charge in [0.2, 0.25) is 0 Å². The maximum absolute atomic E-state index is 12.6. The van der Waals surface area contributed by atoms with Crippen LogP contribution in [-0.4, -0.2) is 24.3 Å². The lowest BCUT2D eigenvalue weighted by atomic mass is 10.0. The first-order valence-corrected chi connectivity index (χ1v) is 8.68. The lowest BCUT2D eigenvalue weighted by molar-refractivity contribution is 0.449. The molecule has 0 aliphatic heterocycles. The number of pyridine rings is 1. The summed E-state index contributed by atoms with van der Waals surface area (Å²) in [4.78, 5) is 4.10. The SMILES string of the molecule is CCCC1(CNS(=O)(=O)c2c(N)nc3ccccn23)CC1. The maximum Gasteiger partial charge on any atom is 0.260 e. The van der Waals surface area contributed by atoms with Gasteiger partial charge in [0.15, 0.2) is 10.8 Å². The molecule has 0 atom stereocenters. The smallest absolute Gasteiger partial charge is 0.260 e. The van der Waals surface area contributed by atoms with Crippen molar-refractivity contribution in [1.82, 2.24) is 14.1 Å². The fourth-order valence-electron chi connectivity index (χ4n) is 2.80. The zero-order valence-electron chi connectivity index (χ0n) is 12.0. The summed E-state index contributed by atoms with van der Waals surface area (Å²) in [6.45, 7) is 2.60. The van der Waals surface area contributed by atoms with Gasteiger partial charge in [-0.15, -0.1) is 0 Å². The first-order chi connectivity index (χ1) is 9.97. The van der Waals surface area contributed by atoms with Crippen LogP contribution in [0.1, 0.15) is 32.6 Å². The molecule has 0 saturated heterocycles. The minimum Gasteiger partial charge on any atom is -0.381 e. The second kappa shape index (κ2) is 4.99. The molecule has 0 radical (unpaired) electrons. The van der Waals surface area contributed by atoms with Crippen molar-refractivity contribution in [3.8, 4) is 0 Å². The van der Waals surface area contributed by atoms with Crippen LogP contribution in [0, 0.1) is 5.41 Å². The van der Waals surface area contributed by atoms with Crippen molar-refractivity contribution in [2.24, 2.45) is 5.41 Å². The van der Waals surface area contributed by atoms with Gasteiger partial charge in [-0.05, 0) is 36.8 Å². The van der Waals surface area contributed by atoms with Crippen LogP contribution in [0.2, 0.25) is 0 Å². The summed E-state index contributed by atoms with van der Waals surface area (Å²) in [5.74, 6) is 0.0361. The van der Waals surface area contributed by atoms with Crippen molar-refractivity contribution in [3.63, 3.8) is 0 Å². The Bertz CT molecular complexity index is 762. The minimum absolute atomic E-state index is 0.0328. The molecule has 0 unspecified atom stereocenters. The molecule has 3 rings (SSSR count). The van der Waals surface area contributed by atoms with Gasteiger partial charge in [-0.3, -0.25) is 4.40 Å². The zero-order valence-corrected chi connectivity index (χ0v) is 12.9. The second-order valence-electron chi connectivity index (χ2n) is 5.81. The molecule has 1 fully saturated rings. The van der Waals surface area contributed by atoms with Gasteiger partial charge in [0.25, 0.3) is 10.0 Å². The highest BCUT2D eigenvalue weighted by Crippen LogP contribution is 2.49. The molecule has 114 valence electrons. The molecule has 2 aromatic rings. The number of fused-ring (bicyclic) bond motifs is 1. The van der Waals surface area contributed by atoms with Gasteiger partial charge in [-0.25, -0.2) is 18.1 Å². The number of nitrogens with zero attached hydrogens (tertiary/aromatic N) is 2. The summed E-state index contributed by atoms with van der Waals surface area (Å²) >= 11 is 0. The van der Waals surface area contributed by atoms with E-state index < -0.39 is 10.0 Å². The fourth-order valence-corrected chi connectivity index (χ4v) is 4.16. The van der Waals surface area contributed by atoms with E-state index in [1.165, 1.54) is 4.40 Å². The number of rotatable bonds is 6. The van der Waals surface area contributed by atoms with E-state index in [9.17, 15) is 8.42 Å². The highest BCUT2D eigenvalue weighted by Gasteiger charge is 2.42. The van der Waals surface area contributed by atoms with Gasteiger partial charge < -0.3 is 5.73 Å². The van der Waals surface area contributed by atoms with E-state index in [0.29, 0.717) is 12.2 Å². The Morgan fingerprint density at radius 2 is 2.19 bits per heavy atom. The van der Waals surface area contributed by atoms with Crippen LogP contribution in [0.15, 0.2) is 29.4 Å². The lowest BCUT2D eigenvalue weighted by Crippen LogP contribution is -2.31. The third-order valence-electron chi connectivity index (χ3n) is 4.14. The monoisotopic (exact) mass is 308 g/mol. The van der Waals surface area contributed by atoms with Crippen LogP contribution in [0.4, 0.5) is 5.82 Å². The van der Waals surface area contributed by atoms with Crippen LogP contribution in [0.3, 0.4) is 0 Å². The van der Waals surface area contributed by atoms with Crippen LogP contribution in [0.5, 0.6) is 0 Å². The number of imidazole rings is 1. The summed E-state index contributed by atoms with van der Waals surface area (Å²) in [7, 11) is -3.66. The molecule has 0 aromatic carbocycles. The predicted molar refractivity (Wildman–Crippen MR) is 81.4 cm³/mol. The van der Waals surface area contributed by atoms with E-state index in [1.807, 2.05) is 0 Å². The van der Waals surface area contributed by atoms with Crippen LogP contribution >= 0.6 is 0 Å². The first kappa shape index (κ1) is 14.3. The number of nitrogen functional groups attached to an aromatic ring is 1. The highest BCUT2D eigenvalue weighted by atomic mass is 32.2. The van der Waals surface area contributed by atoms with E-state index in [4.69, 9.17) is 5.73 Å².